The van der Waals surface area contributed by atoms with Gasteiger partial charge in [-0.1, -0.05) is 29.8 Å². The summed E-state index contributed by atoms with van der Waals surface area (Å²) in [4.78, 5) is 22.5. The van der Waals surface area contributed by atoms with Gasteiger partial charge in [-0.25, -0.2) is 4.98 Å². The molecule has 0 N–H and O–H groups in total. The van der Waals surface area contributed by atoms with Crippen LogP contribution in [-0.4, -0.2) is 57.0 Å². The van der Waals surface area contributed by atoms with Crippen molar-refractivity contribution < 1.29 is 4.79 Å². The minimum atomic E-state index is 0.312. The van der Waals surface area contributed by atoms with Gasteiger partial charge < -0.3 is 9.47 Å². The predicted molar refractivity (Wildman–Crippen MR) is 109 cm³/mol. The first-order chi connectivity index (χ1) is 13.6. The van der Waals surface area contributed by atoms with Crippen molar-refractivity contribution in [2.75, 3.05) is 19.6 Å². The maximum Gasteiger partial charge on any atom is 0.224 e. The van der Waals surface area contributed by atoms with Gasteiger partial charge in [-0.05, 0) is 51.3 Å². The van der Waals surface area contributed by atoms with Gasteiger partial charge in [0.2, 0.25) is 5.91 Å². The molecule has 0 radical (unpaired) electrons. The van der Waals surface area contributed by atoms with Crippen molar-refractivity contribution in [2.24, 2.45) is 5.92 Å². The van der Waals surface area contributed by atoms with Crippen LogP contribution in [-0.2, 0) is 11.3 Å². The number of fused-ring (bicyclic) bond motifs is 2. The van der Waals surface area contributed by atoms with Crippen molar-refractivity contribution in [1.29, 1.82) is 0 Å². The highest BCUT2D eigenvalue weighted by Gasteiger charge is 2.54. The number of aromatic nitrogens is 2. The molecule has 28 heavy (non-hydrogen) atoms. The topological polar surface area (TPSA) is 41.4 Å². The zero-order valence-corrected chi connectivity index (χ0v) is 16.9. The largest absolute Gasteiger partial charge is 0.337 e. The van der Waals surface area contributed by atoms with Gasteiger partial charge in [-0.3, -0.25) is 9.69 Å². The molecule has 4 aliphatic rings. The van der Waals surface area contributed by atoms with Crippen molar-refractivity contribution in [3.8, 4) is 0 Å². The number of benzene rings is 1. The maximum atomic E-state index is 13.3. The van der Waals surface area contributed by atoms with E-state index >= 15 is 0 Å². The number of piperidine rings is 3. The highest BCUT2D eigenvalue weighted by Crippen LogP contribution is 2.46. The van der Waals surface area contributed by atoms with E-state index in [0.717, 1.165) is 18.9 Å². The molecule has 5 heteroatoms. The molecule has 6 rings (SSSR count). The van der Waals surface area contributed by atoms with Crippen LogP contribution in [0.5, 0.6) is 0 Å². The number of carbonyl (C=O) groups is 1. The second-order valence-corrected chi connectivity index (χ2v) is 8.84. The molecule has 1 amide bonds. The van der Waals surface area contributed by atoms with Gasteiger partial charge in [0, 0.05) is 43.9 Å². The van der Waals surface area contributed by atoms with Crippen LogP contribution in [0, 0.1) is 19.8 Å². The number of nitrogens with zero attached hydrogens (tertiary/aromatic N) is 4. The average Bonchev–Trinajstić information content (AvgIpc) is 3.33. The van der Waals surface area contributed by atoms with E-state index in [1.807, 2.05) is 19.3 Å². The standard InChI is InChI=1S/C23H30N4O/c1-16-3-5-18(6-4-16)20-15-27(21(28)9-13-25-14-10-24-17(25)2)22-19-7-11-26(12-8-19)23(20)22/h3-6,10,14,19-20,22-23H,7-9,11-13,15H2,1-2H3/t20-,22+,23+/m0/s1. The second kappa shape index (κ2) is 7.03. The summed E-state index contributed by atoms with van der Waals surface area (Å²) in [5.41, 5.74) is 2.70. The van der Waals surface area contributed by atoms with Gasteiger partial charge in [0.25, 0.3) is 0 Å². The van der Waals surface area contributed by atoms with E-state index in [4.69, 9.17) is 0 Å². The van der Waals surface area contributed by atoms with Gasteiger partial charge in [0.05, 0.1) is 6.04 Å². The highest BCUT2D eigenvalue weighted by molar-refractivity contribution is 5.77. The lowest BCUT2D eigenvalue weighted by Gasteiger charge is -2.51. The number of hydrogen-bond acceptors (Lipinski definition) is 3. The minimum absolute atomic E-state index is 0.312. The van der Waals surface area contributed by atoms with E-state index in [0.29, 0.717) is 36.2 Å². The first kappa shape index (κ1) is 17.9. The number of rotatable bonds is 4. The maximum absolute atomic E-state index is 13.3. The molecule has 1 aromatic heterocycles. The lowest BCUT2D eigenvalue weighted by atomic mass is 9.75. The summed E-state index contributed by atoms with van der Waals surface area (Å²) in [6, 6.07) is 9.88. The lowest BCUT2D eigenvalue weighted by Crippen LogP contribution is -2.60. The summed E-state index contributed by atoms with van der Waals surface area (Å²) >= 11 is 0. The van der Waals surface area contributed by atoms with Crippen molar-refractivity contribution in [3.63, 3.8) is 0 Å². The Morgan fingerprint density at radius 3 is 2.54 bits per heavy atom. The third-order valence-corrected chi connectivity index (χ3v) is 7.31. The van der Waals surface area contributed by atoms with Crippen LogP contribution in [0.3, 0.4) is 0 Å². The van der Waals surface area contributed by atoms with Crippen LogP contribution >= 0.6 is 0 Å². The first-order valence-corrected chi connectivity index (χ1v) is 10.7. The van der Waals surface area contributed by atoms with Crippen molar-refractivity contribution >= 4 is 5.91 Å². The fraction of sp³-hybridized carbons (Fsp3) is 0.565. The molecule has 5 heterocycles. The minimum Gasteiger partial charge on any atom is -0.337 e. The summed E-state index contributed by atoms with van der Waals surface area (Å²) in [6.07, 6.45) is 6.83. The number of imidazole rings is 1. The molecule has 5 nitrogen and oxygen atoms in total. The van der Waals surface area contributed by atoms with Gasteiger partial charge in [0.15, 0.2) is 0 Å². The zero-order chi connectivity index (χ0) is 19.3. The molecule has 2 aromatic rings. The average molecular weight is 379 g/mol. The van der Waals surface area contributed by atoms with Crippen molar-refractivity contribution in [2.45, 2.75) is 57.7 Å². The number of amides is 1. The number of aryl methyl sites for hydroxylation is 3. The van der Waals surface area contributed by atoms with Crippen LogP contribution < -0.4 is 0 Å². The zero-order valence-electron chi connectivity index (χ0n) is 16.9. The van der Waals surface area contributed by atoms with E-state index in [2.05, 4.69) is 50.5 Å². The molecule has 1 aromatic carbocycles. The third-order valence-electron chi connectivity index (χ3n) is 7.31. The van der Waals surface area contributed by atoms with Crippen molar-refractivity contribution in [3.05, 3.63) is 53.6 Å². The molecule has 4 fully saturated rings. The SMILES string of the molecule is Cc1ccc([C@@H]2CN(C(=O)CCn3ccnc3C)[C@@H]3C4CCN(CC4)[C@@H]32)cc1. The summed E-state index contributed by atoms with van der Waals surface area (Å²) in [5, 5.41) is 0. The molecule has 4 aliphatic heterocycles. The van der Waals surface area contributed by atoms with Gasteiger partial charge in [0.1, 0.15) is 5.82 Å². The quantitative estimate of drug-likeness (QED) is 0.821. The monoisotopic (exact) mass is 378 g/mol. The molecular weight excluding hydrogens is 348 g/mol. The number of carbonyl (C=O) groups excluding carboxylic acids is 1. The van der Waals surface area contributed by atoms with Gasteiger partial charge in [-0.15, -0.1) is 0 Å². The molecule has 0 unspecified atom stereocenters. The molecule has 2 bridgehead atoms. The van der Waals surface area contributed by atoms with E-state index < -0.39 is 0 Å². The molecule has 0 aliphatic carbocycles. The Balaban J connectivity index is 1.39. The summed E-state index contributed by atoms with van der Waals surface area (Å²) < 4.78 is 2.08. The Hall–Kier alpha value is -2.14. The van der Waals surface area contributed by atoms with Gasteiger partial charge >= 0.3 is 0 Å². The number of likely N-dealkylation sites (tertiary alicyclic amines) is 1. The summed E-state index contributed by atoms with van der Waals surface area (Å²) in [5.74, 6) is 2.40. The highest BCUT2D eigenvalue weighted by atomic mass is 16.2. The Bertz CT molecular complexity index is 850. The van der Waals surface area contributed by atoms with E-state index in [1.165, 1.54) is 37.1 Å². The third kappa shape index (κ3) is 2.96. The Morgan fingerprint density at radius 2 is 1.86 bits per heavy atom. The summed E-state index contributed by atoms with van der Waals surface area (Å²) in [6.45, 7) is 8.13. The molecule has 0 spiro atoms. The predicted octanol–water partition coefficient (Wildman–Crippen LogP) is 2.98. The molecule has 0 saturated carbocycles. The second-order valence-electron chi connectivity index (χ2n) is 8.84. The fourth-order valence-electron chi connectivity index (χ4n) is 5.81. The molecular formula is C23H30N4O. The number of hydrogen-bond donors (Lipinski definition) is 0. The molecule has 4 saturated heterocycles. The van der Waals surface area contributed by atoms with Crippen LogP contribution in [0.2, 0.25) is 0 Å². The van der Waals surface area contributed by atoms with Crippen LogP contribution in [0.15, 0.2) is 36.7 Å². The first-order valence-electron chi connectivity index (χ1n) is 10.7. The lowest BCUT2D eigenvalue weighted by molar-refractivity contribution is -0.136. The molecule has 148 valence electrons. The Kier molecular flexibility index (Phi) is 4.50. The van der Waals surface area contributed by atoms with Crippen molar-refractivity contribution in [1.82, 2.24) is 19.4 Å². The fourth-order valence-corrected chi connectivity index (χ4v) is 5.81. The Morgan fingerprint density at radius 1 is 1.11 bits per heavy atom. The smallest absolute Gasteiger partial charge is 0.224 e. The van der Waals surface area contributed by atoms with E-state index in [1.54, 1.807) is 0 Å². The van der Waals surface area contributed by atoms with Gasteiger partial charge in [-0.2, -0.15) is 0 Å². The van der Waals surface area contributed by atoms with Crippen LogP contribution in [0.1, 0.15) is 42.1 Å². The van der Waals surface area contributed by atoms with Crippen LogP contribution in [0.25, 0.3) is 0 Å². The Labute approximate surface area is 167 Å². The molecule has 3 atom stereocenters. The van der Waals surface area contributed by atoms with Crippen LogP contribution in [0.4, 0.5) is 0 Å². The summed E-state index contributed by atoms with van der Waals surface area (Å²) in [7, 11) is 0. The normalized spacial score (nSPS) is 31.2. The van der Waals surface area contributed by atoms with E-state index in [9.17, 15) is 4.79 Å². The van der Waals surface area contributed by atoms with E-state index in [-0.39, 0.29) is 0 Å².